The van der Waals surface area contributed by atoms with Gasteiger partial charge in [-0.25, -0.2) is 4.98 Å². The van der Waals surface area contributed by atoms with Gasteiger partial charge in [-0.3, -0.25) is 4.79 Å². The molecule has 0 amide bonds. The summed E-state index contributed by atoms with van der Waals surface area (Å²) in [5, 5.41) is 7.55. The van der Waals surface area contributed by atoms with Crippen molar-refractivity contribution in [3.8, 4) is 0 Å². The second kappa shape index (κ2) is 8.98. The van der Waals surface area contributed by atoms with Crippen LogP contribution in [0.1, 0.15) is 48.0 Å². The first-order chi connectivity index (χ1) is 15.3. The normalized spacial score (nSPS) is 13.8. The minimum Gasteiger partial charge on any atom is -0.379 e. The van der Waals surface area contributed by atoms with Crippen LogP contribution in [-0.4, -0.2) is 15.4 Å². The molecule has 0 atom stereocenters. The molecule has 0 saturated carbocycles. The highest BCUT2D eigenvalue weighted by Crippen LogP contribution is 2.30. The van der Waals surface area contributed by atoms with Crippen molar-refractivity contribution in [1.82, 2.24) is 9.66 Å². The molecule has 0 saturated heterocycles. The molecule has 2 aromatic carbocycles. The van der Waals surface area contributed by atoms with E-state index in [2.05, 4.69) is 28.4 Å². The van der Waals surface area contributed by atoms with Crippen molar-refractivity contribution in [2.24, 2.45) is 5.10 Å². The molecule has 0 radical (unpaired) electrons. The van der Waals surface area contributed by atoms with E-state index < -0.39 is 11.7 Å². The Labute approximate surface area is 183 Å². The van der Waals surface area contributed by atoms with E-state index in [0.717, 1.165) is 42.7 Å². The first kappa shape index (κ1) is 21.8. The Bertz CT molecular complexity index is 1210. The Hall–Kier alpha value is -3.42. The van der Waals surface area contributed by atoms with Crippen LogP contribution >= 0.6 is 0 Å². The molecule has 0 unspecified atom stereocenters. The first-order valence-corrected chi connectivity index (χ1v) is 10.5. The molecule has 1 N–H and O–H groups in total. The predicted octanol–water partition coefficient (Wildman–Crippen LogP) is 5.03. The second-order valence-corrected chi connectivity index (χ2v) is 7.66. The van der Waals surface area contributed by atoms with Gasteiger partial charge in [-0.2, -0.15) is 22.9 Å². The minimum absolute atomic E-state index is 0.139. The van der Waals surface area contributed by atoms with Crippen LogP contribution in [0.2, 0.25) is 0 Å². The van der Waals surface area contributed by atoms with E-state index in [0.29, 0.717) is 23.6 Å². The maximum atomic E-state index is 12.9. The maximum Gasteiger partial charge on any atom is 0.416 e. The number of benzene rings is 2. The molecule has 2 heterocycles. The second-order valence-electron chi connectivity index (χ2n) is 7.66. The topological polar surface area (TPSA) is 59.3 Å². The summed E-state index contributed by atoms with van der Waals surface area (Å²) < 4.78 is 40.1. The Balaban J connectivity index is 1.59. The molecule has 0 spiro atoms. The first-order valence-electron chi connectivity index (χ1n) is 10.5. The van der Waals surface area contributed by atoms with Crippen molar-refractivity contribution in [3.05, 3.63) is 93.2 Å². The zero-order valence-electron chi connectivity index (χ0n) is 17.6. The summed E-state index contributed by atoms with van der Waals surface area (Å²) in [5.41, 5.74) is 2.83. The number of alkyl halides is 3. The lowest BCUT2D eigenvalue weighted by Gasteiger charge is -2.12. The van der Waals surface area contributed by atoms with Crippen LogP contribution in [0.3, 0.4) is 0 Å². The van der Waals surface area contributed by atoms with Gasteiger partial charge in [0.1, 0.15) is 5.82 Å². The van der Waals surface area contributed by atoms with Gasteiger partial charge >= 0.3 is 6.18 Å². The number of nitrogens with zero attached hydrogens (tertiary/aromatic N) is 3. The third-order valence-electron chi connectivity index (χ3n) is 5.42. The molecule has 32 heavy (non-hydrogen) atoms. The minimum atomic E-state index is -4.41. The highest BCUT2D eigenvalue weighted by atomic mass is 19.4. The van der Waals surface area contributed by atoms with Crippen molar-refractivity contribution in [2.45, 2.75) is 45.3 Å². The van der Waals surface area contributed by atoms with Gasteiger partial charge in [-0.15, -0.1) is 0 Å². The van der Waals surface area contributed by atoms with Crippen molar-refractivity contribution >= 4 is 11.4 Å². The van der Waals surface area contributed by atoms with E-state index in [1.165, 1.54) is 22.4 Å². The molecule has 4 rings (SSSR count). The molecule has 0 fully saturated rings. The van der Waals surface area contributed by atoms with Crippen LogP contribution in [0.25, 0.3) is 0 Å². The van der Waals surface area contributed by atoms with E-state index in [-0.39, 0.29) is 12.1 Å². The van der Waals surface area contributed by atoms with E-state index in [4.69, 9.17) is 0 Å². The number of aromatic nitrogens is 2. The number of fused-ring (bicyclic) bond motifs is 1. The van der Waals surface area contributed by atoms with Crippen LogP contribution in [-0.2, 0) is 25.6 Å². The van der Waals surface area contributed by atoms with Crippen LogP contribution in [0.5, 0.6) is 0 Å². The quantitative estimate of drug-likeness (QED) is 0.606. The summed E-state index contributed by atoms with van der Waals surface area (Å²) in [4.78, 5) is 17.4. The predicted molar refractivity (Wildman–Crippen MR) is 118 cm³/mol. The summed E-state index contributed by atoms with van der Waals surface area (Å²) in [6.45, 7) is 2.22. The highest BCUT2D eigenvalue weighted by molar-refractivity contribution is 6.01. The molecule has 1 aliphatic heterocycles. The van der Waals surface area contributed by atoms with Gasteiger partial charge in [-0.1, -0.05) is 37.3 Å². The zero-order valence-corrected chi connectivity index (χ0v) is 17.6. The Morgan fingerprint density at radius 3 is 2.66 bits per heavy atom. The molecule has 3 aromatic rings. The van der Waals surface area contributed by atoms with Crippen molar-refractivity contribution in [1.29, 1.82) is 0 Å². The van der Waals surface area contributed by atoms with Crippen LogP contribution < -0.4 is 10.9 Å². The summed E-state index contributed by atoms with van der Waals surface area (Å²) in [6.07, 6.45) is -1.42. The fraction of sp³-hybridized carbons (Fsp3) is 0.292. The van der Waals surface area contributed by atoms with Gasteiger partial charge < -0.3 is 5.32 Å². The lowest BCUT2D eigenvalue weighted by atomic mass is 9.98. The van der Waals surface area contributed by atoms with E-state index in [1.54, 1.807) is 6.07 Å². The summed E-state index contributed by atoms with van der Waals surface area (Å²) in [5.74, 6) is 0.558. The van der Waals surface area contributed by atoms with E-state index in [1.807, 2.05) is 18.2 Å². The fourth-order valence-corrected chi connectivity index (χ4v) is 3.82. The third-order valence-corrected chi connectivity index (χ3v) is 5.42. The lowest BCUT2D eigenvalue weighted by Crippen LogP contribution is -2.23. The molecule has 5 nitrogen and oxygen atoms in total. The van der Waals surface area contributed by atoms with Gasteiger partial charge in [0.15, 0.2) is 0 Å². The number of hydrogen-bond acceptors (Lipinski definition) is 4. The standard InChI is InChI=1S/C24H23F3N4O/c1-2-16-7-3-4-10-20(16)21-11-6-12-22-29-19(14-23(32)31(22)30-21)15-28-18-9-5-8-17(13-18)24(25,26)27/h3-5,7-10,13-14,28H,2,6,11-12,15H2,1H3. The smallest absolute Gasteiger partial charge is 0.379 e. The molecule has 166 valence electrons. The molecular weight excluding hydrogens is 417 g/mol. The zero-order chi connectivity index (χ0) is 22.7. The van der Waals surface area contributed by atoms with Crippen molar-refractivity contribution < 1.29 is 13.2 Å². The van der Waals surface area contributed by atoms with Gasteiger partial charge in [0, 0.05) is 23.7 Å². The summed E-state index contributed by atoms with van der Waals surface area (Å²) in [7, 11) is 0. The highest BCUT2D eigenvalue weighted by Gasteiger charge is 2.30. The molecule has 1 aliphatic rings. The molecule has 0 bridgehead atoms. The molecule has 0 aliphatic carbocycles. The number of hydrogen-bond donors (Lipinski definition) is 1. The van der Waals surface area contributed by atoms with E-state index in [9.17, 15) is 18.0 Å². The van der Waals surface area contributed by atoms with Gasteiger partial charge in [0.2, 0.25) is 0 Å². The van der Waals surface area contributed by atoms with Crippen LogP contribution in [0.15, 0.2) is 64.5 Å². The number of rotatable bonds is 5. The summed E-state index contributed by atoms with van der Waals surface area (Å²) in [6, 6.07) is 14.4. The number of aryl methyl sites for hydroxylation is 2. The number of anilines is 1. The monoisotopic (exact) mass is 440 g/mol. The van der Waals surface area contributed by atoms with E-state index >= 15 is 0 Å². The SMILES string of the molecule is CCc1ccccc1C1=Nn2c(nc(CNc3cccc(C(F)(F)F)c3)cc2=O)CCC1. The summed E-state index contributed by atoms with van der Waals surface area (Å²) >= 11 is 0. The van der Waals surface area contributed by atoms with Gasteiger partial charge in [0.05, 0.1) is 23.5 Å². The number of halogens is 3. The third kappa shape index (κ3) is 4.74. The molecule has 8 heteroatoms. The van der Waals surface area contributed by atoms with Crippen molar-refractivity contribution in [3.63, 3.8) is 0 Å². The van der Waals surface area contributed by atoms with Gasteiger partial charge in [-0.05, 0) is 43.0 Å². The maximum absolute atomic E-state index is 12.9. The molecular formula is C24H23F3N4O. The van der Waals surface area contributed by atoms with Gasteiger partial charge in [0.25, 0.3) is 5.56 Å². The fourth-order valence-electron chi connectivity index (χ4n) is 3.82. The van der Waals surface area contributed by atoms with Crippen LogP contribution in [0, 0.1) is 0 Å². The number of nitrogens with one attached hydrogen (secondary N) is 1. The Morgan fingerprint density at radius 2 is 1.88 bits per heavy atom. The largest absolute Gasteiger partial charge is 0.416 e. The average Bonchev–Trinajstić information content (AvgIpc) is 3.00. The Kier molecular flexibility index (Phi) is 6.12. The molecule has 1 aromatic heterocycles. The lowest BCUT2D eigenvalue weighted by molar-refractivity contribution is -0.137. The average molecular weight is 440 g/mol. The van der Waals surface area contributed by atoms with Crippen molar-refractivity contribution in [2.75, 3.05) is 5.32 Å². The Morgan fingerprint density at radius 1 is 1.06 bits per heavy atom. The van der Waals surface area contributed by atoms with Crippen LogP contribution in [0.4, 0.5) is 18.9 Å².